The Labute approximate surface area is 411 Å². The molecule has 1 fully saturated rings. The maximum Gasteiger partial charge on any atom is 0.309 e. The lowest BCUT2D eigenvalue weighted by molar-refractivity contribution is -0.147. The van der Waals surface area contributed by atoms with Gasteiger partial charge in [0.25, 0.3) is 5.91 Å². The smallest absolute Gasteiger partial charge is 0.309 e. The van der Waals surface area contributed by atoms with Gasteiger partial charge in [-0.1, -0.05) is 63.8 Å². The van der Waals surface area contributed by atoms with Gasteiger partial charge >= 0.3 is 11.9 Å². The molecule has 0 unspecified atom stereocenters. The van der Waals surface area contributed by atoms with Crippen molar-refractivity contribution in [3.8, 4) is 0 Å². The number of carboxylic acid groups (broad SMARTS) is 2. The highest BCUT2D eigenvalue weighted by Crippen LogP contribution is 2.32. The minimum atomic E-state index is -1.21. The van der Waals surface area contributed by atoms with Gasteiger partial charge in [-0.3, -0.25) is 39.1 Å². The predicted octanol–water partition coefficient (Wildman–Crippen LogP) is 5.97. The molecule has 4 amide bonds. The molecule has 1 saturated heterocycles. The van der Waals surface area contributed by atoms with E-state index in [0.29, 0.717) is 49.5 Å². The first kappa shape index (κ1) is 58.5. The summed E-state index contributed by atoms with van der Waals surface area (Å²) in [7, 11) is 1.93. The number of aromatic nitrogens is 1. The maximum atomic E-state index is 14.7. The zero-order valence-corrected chi connectivity index (χ0v) is 42.5. The fourth-order valence-corrected chi connectivity index (χ4v) is 9.15. The summed E-state index contributed by atoms with van der Waals surface area (Å²) in [6, 6.07) is 3.82. The summed E-state index contributed by atoms with van der Waals surface area (Å²) in [6.45, 7) is 16.6. The summed E-state index contributed by atoms with van der Waals surface area (Å²) in [5.74, 6) is -3.98. The second kappa shape index (κ2) is 29.4. The zero-order valence-electron chi connectivity index (χ0n) is 41.7. The molecule has 19 nitrogen and oxygen atoms in total. The molecule has 1 aliphatic rings. The van der Waals surface area contributed by atoms with Crippen LogP contribution < -0.4 is 27.1 Å². The third-order valence-electron chi connectivity index (χ3n) is 12.3. The van der Waals surface area contributed by atoms with Gasteiger partial charge in [0.2, 0.25) is 17.7 Å². The Balaban J connectivity index is 1.81. The van der Waals surface area contributed by atoms with Crippen LogP contribution in [-0.2, 0) is 35.1 Å². The lowest BCUT2D eigenvalue weighted by atomic mass is 9.84. The molecule has 8 N–H and O–H groups in total. The third-order valence-corrected chi connectivity index (χ3v) is 13.2. The number of anilines is 1. The highest BCUT2D eigenvalue weighted by molar-refractivity contribution is 7.09. The van der Waals surface area contributed by atoms with E-state index in [1.165, 1.54) is 11.3 Å². The normalized spacial score (nSPS) is 16.5. The van der Waals surface area contributed by atoms with E-state index in [1.54, 1.807) is 43.5 Å². The lowest BCUT2D eigenvalue weighted by Gasteiger charge is -2.47. The van der Waals surface area contributed by atoms with Crippen LogP contribution in [0, 0.1) is 10.6 Å². The Morgan fingerprint density at radius 3 is 2.36 bits per heavy atom. The molecule has 0 radical (unpaired) electrons. The number of hydrogen-bond acceptors (Lipinski definition) is 14. The van der Waals surface area contributed by atoms with Crippen molar-refractivity contribution in [3.63, 3.8) is 0 Å². The van der Waals surface area contributed by atoms with Crippen LogP contribution in [0.3, 0.4) is 0 Å². The molecule has 0 aliphatic carbocycles. The average Bonchev–Trinajstić information content (AvgIpc) is 3.80. The van der Waals surface area contributed by atoms with Gasteiger partial charge in [-0.2, -0.15) is 0 Å². The standard InChI is InChI=1S/C49H78N9O10S/c1-9-12-13-15-26-57(47(64)37(17-10-2)55-58(67)42-18-14-16-25-56(42)8)39(32(4)5)28-40(68-11-3)46-54-38(31-69-46)45(63)53-35(29-49(6,7)48(65)66)27-33-19-21-34(22-20-33)52-41(59)30-51-44(62)36(50)23-24-43(60)61/h19-22,31,35-37,39-40,42,55H,4,9-18,23-30,50H2,1-3,5-8H3,(H,51,62)(H,52,59)(H,53,63)(H,60,61)(H,65,66)/q-1/t35-,36-,37-,39+,40+,42-/m0/s1. The number of hydroxylamine groups is 1. The predicted molar refractivity (Wildman–Crippen MR) is 267 cm³/mol. The number of hydrogen-bond donors (Lipinski definition) is 7. The van der Waals surface area contributed by atoms with Gasteiger partial charge in [-0.25, -0.2) is 4.98 Å². The van der Waals surface area contributed by atoms with E-state index in [4.69, 9.17) is 20.6 Å². The van der Waals surface area contributed by atoms with Crippen LogP contribution in [0.4, 0.5) is 5.69 Å². The van der Waals surface area contributed by atoms with Gasteiger partial charge in [0.1, 0.15) is 16.8 Å². The van der Waals surface area contributed by atoms with E-state index < -0.39 is 65.3 Å². The van der Waals surface area contributed by atoms with Crippen molar-refractivity contribution < 1.29 is 43.7 Å². The van der Waals surface area contributed by atoms with Crippen LogP contribution in [0.25, 0.3) is 0 Å². The summed E-state index contributed by atoms with van der Waals surface area (Å²) < 4.78 is 6.30. The second-order valence-electron chi connectivity index (χ2n) is 18.7. The summed E-state index contributed by atoms with van der Waals surface area (Å²) in [5.41, 5.74) is 9.59. The molecule has 2 heterocycles. The molecular formula is C49H78N9O10S-. The Morgan fingerprint density at radius 1 is 1.04 bits per heavy atom. The Hall–Kier alpha value is -4.83. The molecule has 386 valence electrons. The minimum absolute atomic E-state index is 0.0736. The number of nitrogens with zero attached hydrogens (tertiary/aromatic N) is 4. The Bertz CT molecular complexity index is 1980. The molecule has 2 aromatic rings. The fourth-order valence-electron chi connectivity index (χ4n) is 8.29. The van der Waals surface area contributed by atoms with E-state index in [2.05, 4.69) is 34.9 Å². The Morgan fingerprint density at radius 2 is 1.75 bits per heavy atom. The molecule has 1 aromatic carbocycles. The van der Waals surface area contributed by atoms with Crippen LogP contribution in [0.2, 0.25) is 0 Å². The molecule has 69 heavy (non-hydrogen) atoms. The zero-order chi connectivity index (χ0) is 51.3. The van der Waals surface area contributed by atoms with Gasteiger partial charge in [0, 0.05) is 43.1 Å². The van der Waals surface area contributed by atoms with Crippen molar-refractivity contribution in [1.82, 2.24) is 36.0 Å². The third kappa shape index (κ3) is 19.5. The summed E-state index contributed by atoms with van der Waals surface area (Å²) in [6.07, 6.45) is 6.88. The Kier molecular flexibility index (Phi) is 24.9. The van der Waals surface area contributed by atoms with E-state index in [-0.39, 0.29) is 50.0 Å². The number of ether oxygens (including phenoxy) is 1. The second-order valence-corrected chi connectivity index (χ2v) is 19.6. The summed E-state index contributed by atoms with van der Waals surface area (Å²) in [4.78, 5) is 85.0. The first-order valence-electron chi connectivity index (χ1n) is 24.3. The molecule has 1 aliphatic heterocycles. The van der Waals surface area contributed by atoms with Gasteiger partial charge in [0.05, 0.1) is 36.3 Å². The number of nitrogens with one attached hydrogen (secondary N) is 4. The largest absolute Gasteiger partial charge is 0.770 e. The molecule has 0 spiro atoms. The number of carbonyl (C=O) groups is 6. The molecule has 6 atom stereocenters. The maximum absolute atomic E-state index is 14.7. The molecule has 0 bridgehead atoms. The topological polar surface area (TPSA) is 272 Å². The number of aliphatic carboxylic acids is 2. The summed E-state index contributed by atoms with van der Waals surface area (Å²) >= 11 is 1.25. The van der Waals surface area contributed by atoms with Crippen LogP contribution in [0.15, 0.2) is 41.8 Å². The number of amides is 4. The number of thiazole rings is 1. The highest BCUT2D eigenvalue weighted by Gasteiger charge is 2.35. The first-order chi connectivity index (χ1) is 32.7. The number of carbonyl (C=O) groups excluding carboxylic acids is 4. The van der Waals surface area contributed by atoms with E-state index in [9.17, 15) is 39.1 Å². The van der Waals surface area contributed by atoms with Crippen molar-refractivity contribution in [2.75, 3.05) is 38.6 Å². The lowest BCUT2D eigenvalue weighted by Crippen LogP contribution is -2.59. The number of rotatable bonds is 32. The first-order valence-corrected chi connectivity index (χ1v) is 25.2. The van der Waals surface area contributed by atoms with Crippen molar-refractivity contribution >= 4 is 52.6 Å². The van der Waals surface area contributed by atoms with E-state index >= 15 is 0 Å². The van der Waals surface area contributed by atoms with Crippen LogP contribution in [-0.4, -0.2) is 129 Å². The molecule has 0 saturated carbocycles. The van der Waals surface area contributed by atoms with E-state index in [1.807, 2.05) is 37.6 Å². The van der Waals surface area contributed by atoms with Crippen molar-refractivity contribution in [1.29, 1.82) is 0 Å². The van der Waals surface area contributed by atoms with Crippen molar-refractivity contribution in [2.45, 2.75) is 168 Å². The fraction of sp³-hybridized carbons (Fsp3) is 0.653. The van der Waals surface area contributed by atoms with E-state index in [0.717, 1.165) is 61.4 Å². The monoisotopic (exact) mass is 985 g/mol. The van der Waals surface area contributed by atoms with Crippen LogP contribution >= 0.6 is 11.3 Å². The SMILES string of the molecule is C=C(C)[C@@H](C[C@@H](OCC)c1nc(C(=O)N[C@@H](Cc2ccc(NC(=O)CNC(=O)[C@@H](N)CCC(=O)O)cc2)CC(C)(C)C(=O)O)cs1)N(CCCCCC)C(=O)[C@H](CCC)NN([O-])[C@H]1CCCCN1C. The molecular weight excluding hydrogens is 907 g/mol. The number of piperidine rings is 1. The van der Waals surface area contributed by atoms with Gasteiger partial charge < -0.3 is 51.9 Å². The van der Waals surface area contributed by atoms with Crippen LogP contribution in [0.1, 0.15) is 152 Å². The number of nitrogens with two attached hydrogens (primary N) is 1. The number of carboxylic acids is 2. The quantitative estimate of drug-likeness (QED) is 0.0253. The minimum Gasteiger partial charge on any atom is -0.770 e. The van der Waals surface area contributed by atoms with Gasteiger partial charge in [-0.15, -0.1) is 11.3 Å². The van der Waals surface area contributed by atoms with Crippen molar-refractivity contribution in [2.24, 2.45) is 11.1 Å². The summed E-state index contributed by atoms with van der Waals surface area (Å²) in [5, 5.41) is 43.5. The number of likely N-dealkylation sites (tertiary alicyclic amines) is 1. The van der Waals surface area contributed by atoms with Gasteiger partial charge in [-0.05, 0) is 110 Å². The average molecular weight is 985 g/mol. The molecule has 1 aromatic heterocycles. The van der Waals surface area contributed by atoms with Gasteiger partial charge in [0.15, 0.2) is 0 Å². The van der Waals surface area contributed by atoms with Crippen LogP contribution in [0.5, 0.6) is 0 Å². The van der Waals surface area contributed by atoms with Crippen molar-refractivity contribution in [3.05, 3.63) is 63.3 Å². The number of unbranched alkanes of at least 4 members (excludes halogenated alkanes) is 3. The molecule has 3 rings (SSSR count). The number of benzene rings is 1. The molecule has 20 heteroatoms. The number of hydrazine groups is 1. The highest BCUT2D eigenvalue weighted by atomic mass is 32.1.